The van der Waals surface area contributed by atoms with Crippen molar-refractivity contribution in [2.45, 2.75) is 13.3 Å². The number of carbonyl (C=O) groups excluding carboxylic acids is 1. The molecule has 0 aromatic heterocycles. The average molecular weight is 106 g/mol. The quantitative estimate of drug-likeness (QED) is 0.488. The van der Waals surface area contributed by atoms with Crippen LogP contribution >= 0.6 is 0 Å². The molecule has 0 saturated carbocycles. The van der Waals surface area contributed by atoms with E-state index in [9.17, 15) is 9.18 Å². The van der Waals surface area contributed by atoms with Crippen LogP contribution in [-0.2, 0) is 9.53 Å². The Morgan fingerprint density at radius 1 is 1.86 bits per heavy atom. The van der Waals surface area contributed by atoms with Crippen LogP contribution in [0.5, 0.6) is 0 Å². The predicted molar refractivity (Wildman–Crippen MR) is 22.4 cm³/mol. The van der Waals surface area contributed by atoms with Gasteiger partial charge in [-0.3, -0.25) is 4.79 Å². The number of hydrogen-bond acceptors (Lipinski definition) is 2. The van der Waals surface area contributed by atoms with E-state index in [0.717, 1.165) is 0 Å². The summed E-state index contributed by atoms with van der Waals surface area (Å²) in [5.41, 5.74) is 0. The van der Waals surface area contributed by atoms with Crippen LogP contribution in [0.1, 0.15) is 13.3 Å². The third-order valence-electron chi connectivity index (χ3n) is 0.504. The molecular formula is C4H7FO2. The Balaban J connectivity index is 3.00. The van der Waals surface area contributed by atoms with Crippen LogP contribution in [0.3, 0.4) is 0 Å². The first-order valence-corrected chi connectivity index (χ1v) is 2.02. The van der Waals surface area contributed by atoms with Crippen molar-refractivity contribution in [2.75, 3.05) is 6.86 Å². The zero-order valence-corrected chi connectivity index (χ0v) is 4.11. The van der Waals surface area contributed by atoms with Crippen molar-refractivity contribution in [3.8, 4) is 0 Å². The first-order chi connectivity index (χ1) is 3.31. The van der Waals surface area contributed by atoms with Gasteiger partial charge >= 0.3 is 5.97 Å². The van der Waals surface area contributed by atoms with Crippen LogP contribution in [0.4, 0.5) is 4.39 Å². The normalized spacial score (nSPS) is 8.29. The van der Waals surface area contributed by atoms with Crippen molar-refractivity contribution in [1.82, 2.24) is 0 Å². The Hall–Kier alpha value is -0.600. The van der Waals surface area contributed by atoms with Gasteiger partial charge in [-0.25, -0.2) is 4.39 Å². The molecule has 0 spiro atoms. The molecule has 0 atom stereocenters. The standard InChI is InChI=1S/C4H7FO2/c1-2-4(6)7-3-5/h2-3H2,1H3. The fourth-order valence-corrected chi connectivity index (χ4v) is 0.163. The van der Waals surface area contributed by atoms with Gasteiger partial charge in [0, 0.05) is 6.42 Å². The SMILES string of the molecule is CCC(=O)OCF. The Kier molecular flexibility index (Phi) is 3.28. The van der Waals surface area contributed by atoms with Crippen molar-refractivity contribution in [2.24, 2.45) is 0 Å². The Labute approximate surface area is 41.3 Å². The largest absolute Gasteiger partial charge is 0.434 e. The molecular weight excluding hydrogens is 99.0 g/mol. The maximum absolute atomic E-state index is 11.0. The molecule has 0 aliphatic heterocycles. The average Bonchev–Trinajstić information content (AvgIpc) is 1.68. The molecule has 7 heavy (non-hydrogen) atoms. The third-order valence-corrected chi connectivity index (χ3v) is 0.504. The summed E-state index contributed by atoms with van der Waals surface area (Å²) in [7, 11) is 0. The van der Waals surface area contributed by atoms with Gasteiger partial charge in [0.1, 0.15) is 0 Å². The van der Waals surface area contributed by atoms with Gasteiger partial charge in [0.25, 0.3) is 0 Å². The highest BCUT2D eigenvalue weighted by Crippen LogP contribution is 1.82. The van der Waals surface area contributed by atoms with E-state index in [0.29, 0.717) is 0 Å². The maximum Gasteiger partial charge on any atom is 0.307 e. The van der Waals surface area contributed by atoms with E-state index in [2.05, 4.69) is 4.74 Å². The molecule has 3 heteroatoms. The van der Waals surface area contributed by atoms with Gasteiger partial charge in [0.2, 0.25) is 6.86 Å². The van der Waals surface area contributed by atoms with Crippen molar-refractivity contribution in [3.63, 3.8) is 0 Å². The third kappa shape index (κ3) is 3.22. The molecule has 0 saturated heterocycles. The Morgan fingerprint density at radius 3 is 2.57 bits per heavy atom. The molecule has 0 amide bonds. The molecule has 2 nitrogen and oxygen atoms in total. The molecule has 0 aromatic carbocycles. The van der Waals surface area contributed by atoms with E-state index in [-0.39, 0.29) is 6.42 Å². The molecule has 0 heterocycles. The van der Waals surface area contributed by atoms with E-state index < -0.39 is 12.8 Å². The molecule has 0 bridgehead atoms. The molecule has 0 aliphatic carbocycles. The molecule has 0 radical (unpaired) electrons. The Bertz CT molecular complexity index is 62.7. The lowest BCUT2D eigenvalue weighted by Crippen LogP contribution is -1.99. The Morgan fingerprint density at radius 2 is 2.43 bits per heavy atom. The highest BCUT2D eigenvalue weighted by Gasteiger charge is 1.92. The summed E-state index contributed by atoms with van der Waals surface area (Å²) >= 11 is 0. The predicted octanol–water partition coefficient (Wildman–Crippen LogP) is 0.867. The van der Waals surface area contributed by atoms with Crippen LogP contribution < -0.4 is 0 Å². The number of esters is 1. The van der Waals surface area contributed by atoms with Crippen LogP contribution in [0, 0.1) is 0 Å². The highest BCUT2D eigenvalue weighted by atomic mass is 19.1. The molecule has 0 aromatic rings. The van der Waals surface area contributed by atoms with Gasteiger partial charge in [-0.1, -0.05) is 6.92 Å². The summed E-state index contributed by atoms with van der Waals surface area (Å²) < 4.78 is 14.9. The minimum Gasteiger partial charge on any atom is -0.434 e. The summed E-state index contributed by atoms with van der Waals surface area (Å²) in [5, 5.41) is 0. The smallest absolute Gasteiger partial charge is 0.307 e. The number of halogens is 1. The van der Waals surface area contributed by atoms with Gasteiger partial charge in [0.15, 0.2) is 0 Å². The van der Waals surface area contributed by atoms with E-state index >= 15 is 0 Å². The van der Waals surface area contributed by atoms with Crippen molar-refractivity contribution in [1.29, 1.82) is 0 Å². The van der Waals surface area contributed by atoms with Crippen LogP contribution in [0.25, 0.3) is 0 Å². The monoisotopic (exact) mass is 106 g/mol. The lowest BCUT2D eigenvalue weighted by atomic mass is 10.5. The van der Waals surface area contributed by atoms with Crippen molar-refractivity contribution < 1.29 is 13.9 Å². The second kappa shape index (κ2) is 3.59. The first kappa shape index (κ1) is 6.40. The van der Waals surface area contributed by atoms with Gasteiger partial charge in [-0.05, 0) is 0 Å². The summed E-state index contributed by atoms with van der Waals surface area (Å²) in [4.78, 5) is 9.95. The topological polar surface area (TPSA) is 26.3 Å². The molecule has 0 N–H and O–H groups in total. The van der Waals surface area contributed by atoms with Gasteiger partial charge in [-0.15, -0.1) is 0 Å². The number of carbonyl (C=O) groups is 1. The van der Waals surface area contributed by atoms with Crippen LogP contribution in [0.15, 0.2) is 0 Å². The summed E-state index contributed by atoms with van der Waals surface area (Å²) in [6, 6.07) is 0. The second-order valence-corrected chi connectivity index (χ2v) is 0.979. The van der Waals surface area contributed by atoms with Gasteiger partial charge in [0.05, 0.1) is 0 Å². The minimum absolute atomic E-state index is 0.240. The lowest BCUT2D eigenvalue weighted by molar-refractivity contribution is -0.147. The van der Waals surface area contributed by atoms with E-state index in [1.807, 2.05) is 0 Å². The van der Waals surface area contributed by atoms with Crippen LogP contribution in [-0.4, -0.2) is 12.8 Å². The number of alkyl halides is 1. The molecule has 0 fully saturated rings. The first-order valence-electron chi connectivity index (χ1n) is 2.02. The summed E-state index contributed by atoms with van der Waals surface area (Å²) in [6.07, 6.45) is 0.240. The van der Waals surface area contributed by atoms with Gasteiger partial charge < -0.3 is 4.74 Å². The number of ether oxygens (including phenoxy) is 1. The number of rotatable bonds is 2. The molecule has 0 aliphatic rings. The summed E-state index contributed by atoms with van der Waals surface area (Å²) in [5.74, 6) is -0.498. The lowest BCUT2D eigenvalue weighted by Gasteiger charge is -1.91. The minimum atomic E-state index is -1.01. The molecule has 0 unspecified atom stereocenters. The van der Waals surface area contributed by atoms with E-state index in [1.165, 1.54) is 0 Å². The zero-order valence-electron chi connectivity index (χ0n) is 4.11. The van der Waals surface area contributed by atoms with Crippen LogP contribution in [0.2, 0.25) is 0 Å². The molecule has 42 valence electrons. The van der Waals surface area contributed by atoms with E-state index in [1.54, 1.807) is 6.92 Å². The number of hydrogen-bond donors (Lipinski definition) is 0. The fraction of sp³-hybridized carbons (Fsp3) is 0.750. The maximum atomic E-state index is 11.0. The fourth-order valence-electron chi connectivity index (χ4n) is 0.163. The molecule has 0 rings (SSSR count). The van der Waals surface area contributed by atoms with Gasteiger partial charge in [-0.2, -0.15) is 0 Å². The van der Waals surface area contributed by atoms with Crippen molar-refractivity contribution in [3.05, 3.63) is 0 Å². The highest BCUT2D eigenvalue weighted by molar-refractivity contribution is 5.68. The van der Waals surface area contributed by atoms with Crippen molar-refractivity contribution >= 4 is 5.97 Å². The zero-order chi connectivity index (χ0) is 5.70. The van der Waals surface area contributed by atoms with E-state index in [4.69, 9.17) is 0 Å². The summed E-state index contributed by atoms with van der Waals surface area (Å²) in [6.45, 7) is 0.602. The second-order valence-electron chi connectivity index (χ2n) is 0.979.